The normalized spacial score (nSPS) is 31.8. The quantitative estimate of drug-likeness (QED) is 0.346. The molecule has 3 saturated carbocycles. The summed E-state index contributed by atoms with van der Waals surface area (Å²) in [6.45, 7) is 0. The predicted molar refractivity (Wildman–Crippen MR) is 86.1 cm³/mol. The van der Waals surface area contributed by atoms with Crippen molar-refractivity contribution in [1.29, 1.82) is 0 Å². The van der Waals surface area contributed by atoms with Crippen LogP contribution in [0.2, 0.25) is 0 Å². The summed E-state index contributed by atoms with van der Waals surface area (Å²) in [5.74, 6) is 10.9. The van der Waals surface area contributed by atoms with Gasteiger partial charge in [-0.1, -0.05) is 56.8 Å². The van der Waals surface area contributed by atoms with E-state index in [1.807, 2.05) is 0 Å². The molecule has 0 amide bonds. The molecule has 0 saturated heterocycles. The standard InChI is InChI=1S/C20H31.Re/c1-3-7-17(8-4-1)11-12-18-13-15-20(16-14-18)19-9-5-2-6-10-19;/h1,17-20H,2-10,13-16H2;/q-1;. The van der Waals surface area contributed by atoms with Crippen LogP contribution >= 0.6 is 0 Å². The van der Waals surface area contributed by atoms with Gasteiger partial charge >= 0.3 is 0 Å². The van der Waals surface area contributed by atoms with Crippen molar-refractivity contribution >= 4 is 0 Å². The monoisotopic (exact) mass is 458 g/mol. The molecule has 0 nitrogen and oxygen atoms in total. The first-order valence-corrected chi connectivity index (χ1v) is 9.24. The zero-order chi connectivity index (χ0) is 13.6. The summed E-state index contributed by atoms with van der Waals surface area (Å²) in [7, 11) is 0. The van der Waals surface area contributed by atoms with Crippen LogP contribution in [-0.4, -0.2) is 0 Å². The van der Waals surface area contributed by atoms with Crippen LogP contribution in [0.15, 0.2) is 0 Å². The average molecular weight is 458 g/mol. The molecular formula is C20H31Re-. The maximum Gasteiger partial charge on any atom is 0.0203 e. The molecule has 0 atom stereocenters. The first-order chi connectivity index (χ1) is 9.92. The van der Waals surface area contributed by atoms with Crippen LogP contribution in [0.3, 0.4) is 0 Å². The SMILES string of the molecule is C(#CC1CCC(C2CCCCC2)CC1)C1CC[CH-]CC1.[Re]. The summed E-state index contributed by atoms with van der Waals surface area (Å²) in [5.41, 5.74) is 0. The Morgan fingerprint density at radius 1 is 0.571 bits per heavy atom. The molecule has 0 N–H and O–H groups in total. The van der Waals surface area contributed by atoms with Crippen molar-refractivity contribution in [2.24, 2.45) is 23.7 Å². The fourth-order valence-corrected chi connectivity index (χ4v) is 4.65. The van der Waals surface area contributed by atoms with Gasteiger partial charge in [-0.3, -0.25) is 0 Å². The van der Waals surface area contributed by atoms with Gasteiger partial charge in [-0.25, -0.2) is 0 Å². The third-order valence-electron chi connectivity index (χ3n) is 6.02. The van der Waals surface area contributed by atoms with Crippen molar-refractivity contribution in [2.45, 2.75) is 83.5 Å². The Kier molecular flexibility index (Phi) is 7.85. The van der Waals surface area contributed by atoms with Crippen molar-refractivity contribution in [3.05, 3.63) is 6.42 Å². The van der Waals surface area contributed by atoms with E-state index in [9.17, 15) is 0 Å². The van der Waals surface area contributed by atoms with E-state index >= 15 is 0 Å². The van der Waals surface area contributed by atoms with Crippen LogP contribution in [0, 0.1) is 41.9 Å². The summed E-state index contributed by atoms with van der Waals surface area (Å²) < 4.78 is 0. The molecule has 3 aliphatic carbocycles. The van der Waals surface area contributed by atoms with E-state index in [0.717, 1.165) is 23.7 Å². The molecular weight excluding hydrogens is 426 g/mol. The minimum Gasteiger partial charge on any atom is -0.328 e. The summed E-state index contributed by atoms with van der Waals surface area (Å²) >= 11 is 0. The third kappa shape index (κ3) is 5.41. The molecule has 0 aromatic rings. The number of rotatable bonds is 1. The zero-order valence-electron chi connectivity index (χ0n) is 13.5. The van der Waals surface area contributed by atoms with E-state index in [4.69, 9.17) is 0 Å². The van der Waals surface area contributed by atoms with Gasteiger partial charge in [-0.05, 0) is 37.5 Å². The van der Waals surface area contributed by atoms with Gasteiger partial charge in [-0.2, -0.15) is 12.8 Å². The van der Waals surface area contributed by atoms with E-state index < -0.39 is 0 Å². The molecule has 0 unspecified atom stereocenters. The number of hydrogen-bond donors (Lipinski definition) is 0. The van der Waals surface area contributed by atoms with Gasteiger partial charge in [0.05, 0.1) is 0 Å². The third-order valence-corrected chi connectivity index (χ3v) is 6.02. The second kappa shape index (κ2) is 9.38. The fourth-order valence-electron chi connectivity index (χ4n) is 4.65. The van der Waals surface area contributed by atoms with E-state index in [0.29, 0.717) is 0 Å². The zero-order valence-corrected chi connectivity index (χ0v) is 16.2. The van der Waals surface area contributed by atoms with E-state index in [1.54, 1.807) is 0 Å². The molecule has 0 bridgehead atoms. The van der Waals surface area contributed by atoms with Gasteiger partial charge in [-0.15, -0.1) is 0 Å². The minimum atomic E-state index is 0. The van der Waals surface area contributed by atoms with Gasteiger partial charge in [0.15, 0.2) is 0 Å². The summed E-state index contributed by atoms with van der Waals surface area (Å²) in [4.78, 5) is 0. The Labute approximate surface area is 145 Å². The average Bonchev–Trinajstić information content (AvgIpc) is 2.55. The van der Waals surface area contributed by atoms with Crippen LogP contribution in [-0.2, 0) is 20.4 Å². The molecule has 3 fully saturated rings. The molecule has 0 heterocycles. The van der Waals surface area contributed by atoms with Crippen LogP contribution in [0.4, 0.5) is 0 Å². The van der Waals surface area contributed by atoms with Crippen molar-refractivity contribution in [3.8, 4) is 11.8 Å². The van der Waals surface area contributed by atoms with E-state index in [1.165, 1.54) is 83.5 Å². The molecule has 0 spiro atoms. The first-order valence-electron chi connectivity index (χ1n) is 9.24. The number of hydrogen-bond acceptors (Lipinski definition) is 0. The summed E-state index contributed by atoms with van der Waals surface area (Å²) in [5, 5.41) is 0. The molecule has 1 heteroatoms. The second-order valence-electron chi connectivity index (χ2n) is 7.44. The smallest absolute Gasteiger partial charge is 0.0203 e. The van der Waals surface area contributed by atoms with Crippen molar-refractivity contribution < 1.29 is 20.4 Å². The van der Waals surface area contributed by atoms with E-state index in [2.05, 4.69) is 18.3 Å². The van der Waals surface area contributed by atoms with Crippen LogP contribution in [0.25, 0.3) is 0 Å². The summed E-state index contributed by atoms with van der Waals surface area (Å²) in [6.07, 6.45) is 21.0. The van der Waals surface area contributed by atoms with Crippen molar-refractivity contribution in [1.82, 2.24) is 0 Å². The molecule has 119 valence electrons. The molecule has 0 aromatic carbocycles. The van der Waals surface area contributed by atoms with Crippen LogP contribution in [0.5, 0.6) is 0 Å². The Morgan fingerprint density at radius 2 is 1.10 bits per heavy atom. The molecule has 3 aliphatic rings. The topological polar surface area (TPSA) is 0 Å². The van der Waals surface area contributed by atoms with Crippen molar-refractivity contribution in [3.63, 3.8) is 0 Å². The van der Waals surface area contributed by atoms with Crippen molar-refractivity contribution in [2.75, 3.05) is 0 Å². The van der Waals surface area contributed by atoms with E-state index in [-0.39, 0.29) is 20.4 Å². The molecule has 1 radical (unpaired) electrons. The Balaban J connectivity index is 0.00000161. The maximum atomic E-state index is 3.65. The van der Waals surface area contributed by atoms with Crippen LogP contribution in [0.1, 0.15) is 83.5 Å². The molecule has 21 heavy (non-hydrogen) atoms. The van der Waals surface area contributed by atoms with Gasteiger partial charge in [0.2, 0.25) is 0 Å². The molecule has 0 aromatic heterocycles. The minimum absolute atomic E-state index is 0. The van der Waals surface area contributed by atoms with Gasteiger partial charge in [0.1, 0.15) is 0 Å². The Morgan fingerprint density at radius 3 is 1.71 bits per heavy atom. The summed E-state index contributed by atoms with van der Waals surface area (Å²) in [6, 6.07) is 0. The van der Waals surface area contributed by atoms with Gasteiger partial charge in [0, 0.05) is 32.3 Å². The molecule has 0 aliphatic heterocycles. The Hall–Kier alpha value is 0.222. The van der Waals surface area contributed by atoms with Gasteiger partial charge in [0.25, 0.3) is 0 Å². The predicted octanol–water partition coefficient (Wildman–Crippen LogP) is 5.77. The maximum absolute atomic E-state index is 3.65. The van der Waals surface area contributed by atoms with Crippen LogP contribution < -0.4 is 0 Å². The largest absolute Gasteiger partial charge is 0.328 e. The van der Waals surface area contributed by atoms with Gasteiger partial charge < -0.3 is 6.42 Å². The fraction of sp³-hybridized carbons (Fsp3) is 0.850. The first kappa shape index (κ1) is 17.6. The molecule has 3 rings (SSSR count). The second-order valence-corrected chi connectivity index (χ2v) is 7.44. The Bertz CT molecular complexity index is 331.